The summed E-state index contributed by atoms with van der Waals surface area (Å²) in [7, 11) is -3.87. The number of primary sulfonamides is 1. The first-order chi connectivity index (χ1) is 9.74. The lowest BCUT2D eigenvalue weighted by atomic mass is 10.2. The molecule has 0 aromatic heterocycles. The molecule has 0 aliphatic carbocycles. The molecule has 1 unspecified atom stereocenters. The minimum absolute atomic E-state index is 0.149. The van der Waals surface area contributed by atoms with Gasteiger partial charge in [-0.1, -0.05) is 19.4 Å². The van der Waals surface area contributed by atoms with Crippen LogP contribution >= 0.6 is 0 Å². The monoisotopic (exact) mass is 315 g/mol. The van der Waals surface area contributed by atoms with E-state index in [1.807, 2.05) is 0 Å². The fourth-order valence-corrected chi connectivity index (χ4v) is 2.18. The summed E-state index contributed by atoms with van der Waals surface area (Å²) in [6, 6.07) is 3.61. The van der Waals surface area contributed by atoms with Gasteiger partial charge in [-0.05, 0) is 24.6 Å². The number of sulfonamides is 1. The second kappa shape index (κ2) is 7.04. The van der Waals surface area contributed by atoms with Crippen molar-refractivity contribution in [1.29, 1.82) is 0 Å². The molecule has 0 radical (unpaired) electrons. The maximum atomic E-state index is 11.7. The van der Waals surface area contributed by atoms with E-state index in [0.717, 1.165) is 0 Å². The van der Waals surface area contributed by atoms with E-state index in [9.17, 15) is 18.0 Å². The molecule has 9 heteroatoms. The zero-order valence-corrected chi connectivity index (χ0v) is 12.2. The molecule has 1 atom stereocenters. The van der Waals surface area contributed by atoms with Gasteiger partial charge in [-0.3, -0.25) is 0 Å². The fourth-order valence-electron chi connectivity index (χ4n) is 1.62. The molecule has 0 aliphatic heterocycles. The van der Waals surface area contributed by atoms with E-state index in [2.05, 4.69) is 10.6 Å². The number of carbonyl (C=O) groups is 2. The molecular weight excluding hydrogens is 298 g/mol. The Labute approximate surface area is 122 Å². The fraction of sp³-hybridized carbons (Fsp3) is 0.333. The van der Waals surface area contributed by atoms with E-state index in [4.69, 9.17) is 10.2 Å². The molecule has 2 amide bonds. The zero-order chi connectivity index (χ0) is 16.0. The number of aliphatic carboxylic acids is 1. The van der Waals surface area contributed by atoms with Crippen LogP contribution in [0.3, 0.4) is 0 Å². The van der Waals surface area contributed by atoms with Crippen LogP contribution in [0.25, 0.3) is 0 Å². The van der Waals surface area contributed by atoms with Gasteiger partial charge in [-0.15, -0.1) is 0 Å². The van der Waals surface area contributed by atoms with Crippen LogP contribution in [-0.2, 0) is 14.8 Å². The van der Waals surface area contributed by atoms with Crippen molar-refractivity contribution < 1.29 is 23.1 Å². The number of amides is 2. The predicted molar refractivity (Wildman–Crippen MR) is 76.3 cm³/mol. The van der Waals surface area contributed by atoms with E-state index in [-0.39, 0.29) is 10.6 Å². The summed E-state index contributed by atoms with van der Waals surface area (Å²) in [5.74, 6) is -1.13. The van der Waals surface area contributed by atoms with Crippen LogP contribution in [0, 0.1) is 0 Å². The number of hydrogen-bond acceptors (Lipinski definition) is 4. The standard InChI is InChI=1S/C12H17N3O5S/c1-2-4-10(11(16)17)15-12(18)14-8-5-3-6-9(7-8)21(13,19)20/h3,5-7,10H,2,4H2,1H3,(H,16,17)(H2,13,19,20)(H2,14,15,18). The van der Waals surface area contributed by atoms with Crippen LogP contribution in [-0.4, -0.2) is 31.6 Å². The zero-order valence-electron chi connectivity index (χ0n) is 11.4. The molecule has 5 N–H and O–H groups in total. The molecule has 0 bridgehead atoms. The first kappa shape index (κ1) is 16.9. The maximum Gasteiger partial charge on any atom is 0.326 e. The van der Waals surface area contributed by atoms with Crippen LogP contribution in [0.4, 0.5) is 10.5 Å². The SMILES string of the molecule is CCCC(NC(=O)Nc1cccc(S(N)(=O)=O)c1)C(=O)O. The van der Waals surface area contributed by atoms with Gasteiger partial charge in [-0.2, -0.15) is 0 Å². The van der Waals surface area contributed by atoms with Crippen LogP contribution in [0.15, 0.2) is 29.2 Å². The van der Waals surface area contributed by atoms with Gasteiger partial charge in [0.2, 0.25) is 10.0 Å². The molecule has 8 nitrogen and oxygen atoms in total. The third-order valence-corrected chi connectivity index (χ3v) is 3.51. The van der Waals surface area contributed by atoms with Gasteiger partial charge in [0.25, 0.3) is 0 Å². The van der Waals surface area contributed by atoms with Gasteiger partial charge in [-0.25, -0.2) is 23.1 Å². The summed E-state index contributed by atoms with van der Waals surface area (Å²) < 4.78 is 22.4. The van der Waals surface area contributed by atoms with E-state index in [1.54, 1.807) is 6.92 Å². The van der Waals surface area contributed by atoms with Gasteiger partial charge < -0.3 is 15.7 Å². The summed E-state index contributed by atoms with van der Waals surface area (Å²) >= 11 is 0. The number of nitrogens with two attached hydrogens (primary N) is 1. The van der Waals surface area contributed by atoms with E-state index >= 15 is 0 Å². The Morgan fingerprint density at radius 2 is 2.05 bits per heavy atom. The molecule has 0 heterocycles. The lowest BCUT2D eigenvalue weighted by Gasteiger charge is -2.14. The number of hydrogen-bond donors (Lipinski definition) is 4. The molecule has 1 rings (SSSR count). The molecule has 116 valence electrons. The van der Waals surface area contributed by atoms with E-state index < -0.39 is 28.1 Å². The maximum absolute atomic E-state index is 11.7. The number of nitrogens with one attached hydrogen (secondary N) is 2. The minimum Gasteiger partial charge on any atom is -0.480 e. The number of carboxylic acid groups (broad SMARTS) is 1. The Morgan fingerprint density at radius 3 is 2.57 bits per heavy atom. The molecule has 0 spiro atoms. The van der Waals surface area contributed by atoms with Crippen molar-refractivity contribution in [2.45, 2.75) is 30.7 Å². The van der Waals surface area contributed by atoms with Gasteiger partial charge >= 0.3 is 12.0 Å². The molecule has 0 saturated heterocycles. The quantitative estimate of drug-likeness (QED) is 0.612. The van der Waals surface area contributed by atoms with Crippen LogP contribution in [0.2, 0.25) is 0 Å². The van der Waals surface area contributed by atoms with Crippen molar-refractivity contribution in [3.63, 3.8) is 0 Å². The predicted octanol–water partition coefficient (Wildman–Crippen LogP) is 0.709. The van der Waals surface area contributed by atoms with Crippen LogP contribution in [0.1, 0.15) is 19.8 Å². The Hall–Kier alpha value is -2.13. The van der Waals surface area contributed by atoms with Crippen molar-refractivity contribution in [2.24, 2.45) is 5.14 Å². The smallest absolute Gasteiger partial charge is 0.326 e. The molecule has 0 saturated carbocycles. The highest BCUT2D eigenvalue weighted by molar-refractivity contribution is 7.89. The lowest BCUT2D eigenvalue weighted by molar-refractivity contribution is -0.139. The normalized spacial score (nSPS) is 12.5. The largest absolute Gasteiger partial charge is 0.480 e. The highest BCUT2D eigenvalue weighted by atomic mass is 32.2. The number of urea groups is 1. The Morgan fingerprint density at radius 1 is 1.38 bits per heavy atom. The lowest BCUT2D eigenvalue weighted by Crippen LogP contribution is -2.42. The van der Waals surface area contributed by atoms with Crippen molar-refractivity contribution in [3.8, 4) is 0 Å². The second-order valence-electron chi connectivity index (χ2n) is 4.35. The van der Waals surface area contributed by atoms with Gasteiger partial charge in [0.1, 0.15) is 6.04 Å². The Balaban J connectivity index is 2.77. The Bertz CT molecular complexity index is 630. The van der Waals surface area contributed by atoms with Gasteiger partial charge in [0.15, 0.2) is 0 Å². The summed E-state index contributed by atoms with van der Waals surface area (Å²) in [6.45, 7) is 1.80. The van der Waals surface area contributed by atoms with Crippen LogP contribution < -0.4 is 15.8 Å². The summed E-state index contributed by atoms with van der Waals surface area (Å²) in [5.41, 5.74) is 0.194. The highest BCUT2D eigenvalue weighted by Gasteiger charge is 2.19. The first-order valence-electron chi connectivity index (χ1n) is 6.17. The van der Waals surface area contributed by atoms with Crippen LogP contribution in [0.5, 0.6) is 0 Å². The molecule has 1 aromatic rings. The number of carbonyl (C=O) groups excluding carboxylic acids is 1. The summed E-state index contributed by atoms with van der Waals surface area (Å²) in [4.78, 5) is 22.5. The summed E-state index contributed by atoms with van der Waals surface area (Å²) in [6.07, 6.45) is 0.887. The van der Waals surface area contributed by atoms with Crippen molar-refractivity contribution in [1.82, 2.24) is 5.32 Å². The van der Waals surface area contributed by atoms with Gasteiger partial charge in [0.05, 0.1) is 4.90 Å². The molecule has 21 heavy (non-hydrogen) atoms. The van der Waals surface area contributed by atoms with Crippen molar-refractivity contribution in [2.75, 3.05) is 5.32 Å². The summed E-state index contributed by atoms with van der Waals surface area (Å²) in [5, 5.41) is 18.6. The average Bonchev–Trinajstić information content (AvgIpc) is 2.37. The van der Waals surface area contributed by atoms with Crippen molar-refractivity contribution >= 4 is 27.7 Å². The molecular formula is C12H17N3O5S. The third kappa shape index (κ3) is 5.40. The molecule has 1 aromatic carbocycles. The topological polar surface area (TPSA) is 139 Å². The average molecular weight is 315 g/mol. The number of carboxylic acids is 1. The molecule has 0 aliphatic rings. The highest BCUT2D eigenvalue weighted by Crippen LogP contribution is 2.14. The minimum atomic E-state index is -3.87. The number of rotatable bonds is 6. The number of anilines is 1. The Kier molecular flexibility index (Phi) is 5.68. The van der Waals surface area contributed by atoms with Gasteiger partial charge in [0, 0.05) is 5.69 Å². The third-order valence-electron chi connectivity index (χ3n) is 2.60. The van der Waals surface area contributed by atoms with Crippen molar-refractivity contribution in [3.05, 3.63) is 24.3 Å². The molecule has 0 fully saturated rings. The first-order valence-corrected chi connectivity index (χ1v) is 7.72. The number of benzene rings is 1. The van der Waals surface area contributed by atoms with E-state index in [1.165, 1.54) is 24.3 Å². The second-order valence-corrected chi connectivity index (χ2v) is 5.91. The van der Waals surface area contributed by atoms with E-state index in [0.29, 0.717) is 12.8 Å².